The van der Waals surface area contributed by atoms with Crippen LogP contribution in [-0.2, 0) is 14.3 Å². The van der Waals surface area contributed by atoms with Gasteiger partial charge in [-0.2, -0.15) is 13.2 Å². The van der Waals surface area contributed by atoms with Gasteiger partial charge < -0.3 is 4.74 Å². The standard InChI is InChI=1S/C7H8F3O3/c1-2-3-4-5(11)13-6(12)7(8,9)10/h4H,2-3H2,1H3. The van der Waals surface area contributed by atoms with E-state index < -0.39 is 18.1 Å². The number of halogens is 3. The highest BCUT2D eigenvalue weighted by atomic mass is 19.4. The van der Waals surface area contributed by atoms with Gasteiger partial charge in [-0.1, -0.05) is 13.3 Å². The van der Waals surface area contributed by atoms with E-state index in [1.807, 2.05) is 0 Å². The number of rotatable bonds is 3. The molecule has 0 unspecified atom stereocenters. The number of ether oxygens (including phenoxy) is 1. The zero-order valence-corrected chi connectivity index (χ0v) is 6.85. The highest BCUT2D eigenvalue weighted by molar-refractivity contribution is 5.92. The van der Waals surface area contributed by atoms with E-state index in [0.717, 1.165) is 6.42 Å². The Balaban J connectivity index is 3.86. The number of hydrogen-bond donors (Lipinski definition) is 0. The Hall–Kier alpha value is -1.07. The van der Waals surface area contributed by atoms with E-state index in [1.54, 1.807) is 6.92 Å². The minimum Gasteiger partial charge on any atom is -0.386 e. The Morgan fingerprint density at radius 1 is 1.38 bits per heavy atom. The number of esters is 2. The molecule has 0 N–H and O–H groups in total. The SMILES string of the molecule is CCC[CH]C(=O)OC(=O)C(F)(F)F. The predicted octanol–water partition coefficient (Wildman–Crippen LogP) is 1.62. The summed E-state index contributed by atoms with van der Waals surface area (Å²) in [5, 5.41) is 0. The molecule has 0 rings (SSSR count). The normalized spacial score (nSPS) is 11.1. The van der Waals surface area contributed by atoms with Gasteiger partial charge in [-0.25, -0.2) is 4.79 Å². The molecule has 0 spiro atoms. The fourth-order valence-corrected chi connectivity index (χ4v) is 0.453. The summed E-state index contributed by atoms with van der Waals surface area (Å²) in [5.74, 6) is -3.74. The second kappa shape index (κ2) is 4.84. The van der Waals surface area contributed by atoms with Crippen molar-refractivity contribution < 1.29 is 27.5 Å². The largest absolute Gasteiger partial charge is 0.491 e. The Morgan fingerprint density at radius 2 is 1.92 bits per heavy atom. The van der Waals surface area contributed by atoms with E-state index in [9.17, 15) is 22.8 Å². The van der Waals surface area contributed by atoms with Gasteiger partial charge in [0.2, 0.25) is 0 Å². The van der Waals surface area contributed by atoms with Gasteiger partial charge in [0.25, 0.3) is 0 Å². The smallest absolute Gasteiger partial charge is 0.386 e. The minimum absolute atomic E-state index is 0.282. The molecule has 0 bridgehead atoms. The first-order valence-corrected chi connectivity index (χ1v) is 3.54. The number of carbonyl (C=O) groups excluding carboxylic acids is 2. The van der Waals surface area contributed by atoms with Crippen molar-refractivity contribution in [1.29, 1.82) is 0 Å². The molecule has 1 radical (unpaired) electrons. The van der Waals surface area contributed by atoms with Crippen molar-refractivity contribution in [3.8, 4) is 0 Å². The van der Waals surface area contributed by atoms with Crippen molar-refractivity contribution >= 4 is 11.9 Å². The molecule has 6 heteroatoms. The lowest BCUT2D eigenvalue weighted by atomic mass is 10.2. The minimum atomic E-state index is -5.12. The summed E-state index contributed by atoms with van der Waals surface area (Å²) in [5.41, 5.74) is 0. The Bertz CT molecular complexity index is 198. The van der Waals surface area contributed by atoms with Gasteiger partial charge in [-0.3, -0.25) is 4.79 Å². The van der Waals surface area contributed by atoms with Crippen molar-refractivity contribution in [2.75, 3.05) is 0 Å². The summed E-state index contributed by atoms with van der Waals surface area (Å²) < 4.78 is 37.9. The van der Waals surface area contributed by atoms with Crippen LogP contribution >= 0.6 is 0 Å². The molecule has 0 aliphatic rings. The maximum Gasteiger partial charge on any atom is 0.491 e. The second-order valence-corrected chi connectivity index (χ2v) is 2.20. The number of carbonyl (C=O) groups is 2. The van der Waals surface area contributed by atoms with Crippen molar-refractivity contribution in [3.63, 3.8) is 0 Å². The predicted molar refractivity (Wildman–Crippen MR) is 36.4 cm³/mol. The van der Waals surface area contributed by atoms with Gasteiger partial charge in [0.1, 0.15) is 0 Å². The Kier molecular flexibility index (Phi) is 4.44. The molecule has 0 saturated heterocycles. The first kappa shape index (κ1) is 11.9. The molecule has 0 heterocycles. The van der Waals surface area contributed by atoms with Crippen LogP contribution in [0, 0.1) is 6.42 Å². The van der Waals surface area contributed by atoms with Gasteiger partial charge in [-0.05, 0) is 6.42 Å². The number of alkyl halides is 3. The lowest BCUT2D eigenvalue weighted by molar-refractivity contribution is -0.200. The van der Waals surface area contributed by atoms with E-state index in [0.29, 0.717) is 6.42 Å². The van der Waals surface area contributed by atoms with Crippen molar-refractivity contribution in [2.45, 2.75) is 25.9 Å². The topological polar surface area (TPSA) is 43.4 Å². The molecule has 0 aliphatic carbocycles. The molecular formula is C7H8F3O3. The van der Waals surface area contributed by atoms with Crippen LogP contribution in [-0.4, -0.2) is 18.1 Å². The van der Waals surface area contributed by atoms with Crippen molar-refractivity contribution in [2.24, 2.45) is 0 Å². The van der Waals surface area contributed by atoms with Crippen LogP contribution in [0.4, 0.5) is 13.2 Å². The lowest BCUT2D eigenvalue weighted by Crippen LogP contribution is -2.28. The summed E-state index contributed by atoms with van der Waals surface area (Å²) in [6.07, 6.45) is -3.35. The third-order valence-corrected chi connectivity index (χ3v) is 1.02. The van der Waals surface area contributed by atoms with Crippen LogP contribution < -0.4 is 0 Å². The Morgan fingerprint density at radius 3 is 2.31 bits per heavy atom. The number of unbranched alkanes of at least 4 members (excludes halogenated alkanes) is 1. The average Bonchev–Trinajstić information content (AvgIpc) is 1.99. The second-order valence-electron chi connectivity index (χ2n) is 2.20. The van der Waals surface area contributed by atoms with Gasteiger partial charge in [-0.15, -0.1) is 0 Å². The monoisotopic (exact) mass is 197 g/mol. The van der Waals surface area contributed by atoms with Crippen LogP contribution in [0.1, 0.15) is 19.8 Å². The summed E-state index contributed by atoms with van der Waals surface area (Å²) in [4.78, 5) is 20.5. The highest BCUT2D eigenvalue weighted by Gasteiger charge is 2.42. The lowest BCUT2D eigenvalue weighted by Gasteiger charge is -2.04. The maximum atomic E-state index is 11.5. The molecule has 3 nitrogen and oxygen atoms in total. The molecular weight excluding hydrogens is 189 g/mol. The van der Waals surface area contributed by atoms with E-state index in [2.05, 4.69) is 4.74 Å². The molecule has 0 aromatic heterocycles. The molecule has 0 saturated carbocycles. The van der Waals surface area contributed by atoms with Crippen LogP contribution in [0.2, 0.25) is 0 Å². The fraction of sp³-hybridized carbons (Fsp3) is 0.571. The molecule has 0 aromatic carbocycles. The zero-order valence-electron chi connectivity index (χ0n) is 6.85. The van der Waals surface area contributed by atoms with E-state index in [1.165, 1.54) is 0 Å². The maximum absolute atomic E-state index is 11.5. The van der Waals surface area contributed by atoms with E-state index >= 15 is 0 Å². The fourth-order valence-electron chi connectivity index (χ4n) is 0.453. The van der Waals surface area contributed by atoms with Gasteiger partial charge in [0, 0.05) is 0 Å². The van der Waals surface area contributed by atoms with Crippen LogP contribution in [0.3, 0.4) is 0 Å². The molecule has 0 aromatic rings. The molecule has 13 heavy (non-hydrogen) atoms. The summed E-state index contributed by atoms with van der Waals surface area (Å²) in [6.45, 7) is 1.73. The van der Waals surface area contributed by atoms with Gasteiger partial charge in [0.15, 0.2) is 0 Å². The van der Waals surface area contributed by atoms with Crippen LogP contribution in [0.15, 0.2) is 0 Å². The molecule has 75 valence electrons. The first-order valence-electron chi connectivity index (χ1n) is 3.54. The van der Waals surface area contributed by atoms with Gasteiger partial charge in [0.05, 0.1) is 6.42 Å². The third-order valence-electron chi connectivity index (χ3n) is 1.02. The average molecular weight is 197 g/mol. The first-order chi connectivity index (χ1) is 5.88. The number of hydrogen-bond acceptors (Lipinski definition) is 3. The quantitative estimate of drug-likeness (QED) is 0.510. The van der Waals surface area contributed by atoms with Crippen molar-refractivity contribution in [3.05, 3.63) is 6.42 Å². The zero-order chi connectivity index (χ0) is 10.5. The molecule has 0 aliphatic heterocycles. The van der Waals surface area contributed by atoms with Gasteiger partial charge >= 0.3 is 18.1 Å². The van der Waals surface area contributed by atoms with E-state index in [4.69, 9.17) is 0 Å². The van der Waals surface area contributed by atoms with Crippen LogP contribution in [0.5, 0.6) is 0 Å². The third kappa shape index (κ3) is 5.21. The summed E-state index contributed by atoms with van der Waals surface area (Å²) in [7, 11) is 0. The summed E-state index contributed by atoms with van der Waals surface area (Å²) >= 11 is 0. The molecule has 0 fully saturated rings. The molecule has 0 amide bonds. The highest BCUT2D eigenvalue weighted by Crippen LogP contribution is 2.16. The van der Waals surface area contributed by atoms with Crippen molar-refractivity contribution in [1.82, 2.24) is 0 Å². The van der Waals surface area contributed by atoms with Crippen LogP contribution in [0.25, 0.3) is 0 Å². The van der Waals surface area contributed by atoms with E-state index in [-0.39, 0.29) is 6.42 Å². The molecule has 0 atom stereocenters. The summed E-state index contributed by atoms with van der Waals surface area (Å²) in [6, 6.07) is 0. The Labute approximate surface area is 72.9 Å².